The highest BCUT2D eigenvalue weighted by Crippen LogP contribution is 2.12. The van der Waals surface area contributed by atoms with Gasteiger partial charge in [-0.05, 0) is 12.3 Å². The van der Waals surface area contributed by atoms with Gasteiger partial charge in [0.2, 0.25) is 11.9 Å². The first kappa shape index (κ1) is 14.4. The SMILES string of the molecule is CCC(CCO)CNc1nc(NC)nc(OC)n1. The standard InChI is InChI=1S/C11H21N5O2/c1-4-8(5-6-17)7-13-10-14-9(12-2)15-11(16-10)18-3/h8,17H,4-7H2,1-3H3,(H2,12,13,14,15,16). The molecule has 3 N–H and O–H groups in total. The molecule has 7 heteroatoms. The number of methoxy groups -OCH3 is 1. The molecule has 18 heavy (non-hydrogen) atoms. The number of anilines is 2. The Morgan fingerprint density at radius 1 is 1.28 bits per heavy atom. The van der Waals surface area contributed by atoms with Crippen molar-refractivity contribution in [2.45, 2.75) is 19.8 Å². The lowest BCUT2D eigenvalue weighted by Gasteiger charge is -2.14. The number of rotatable bonds is 8. The van der Waals surface area contributed by atoms with E-state index in [1.54, 1.807) is 7.05 Å². The number of aliphatic hydroxyl groups is 1. The molecule has 1 unspecified atom stereocenters. The number of nitrogens with one attached hydrogen (secondary N) is 2. The summed E-state index contributed by atoms with van der Waals surface area (Å²) < 4.78 is 5.00. The Labute approximate surface area is 107 Å². The molecule has 0 fully saturated rings. The minimum atomic E-state index is 0.197. The predicted molar refractivity (Wildman–Crippen MR) is 69.9 cm³/mol. The van der Waals surface area contributed by atoms with Crippen molar-refractivity contribution < 1.29 is 9.84 Å². The molecule has 0 aromatic carbocycles. The van der Waals surface area contributed by atoms with E-state index in [0.29, 0.717) is 24.4 Å². The second-order valence-corrected chi connectivity index (χ2v) is 3.89. The maximum atomic E-state index is 8.93. The zero-order chi connectivity index (χ0) is 13.4. The average molecular weight is 255 g/mol. The van der Waals surface area contributed by atoms with Crippen LogP contribution in [0.25, 0.3) is 0 Å². The number of ether oxygens (including phenoxy) is 1. The van der Waals surface area contributed by atoms with Crippen LogP contribution in [0.1, 0.15) is 19.8 Å². The number of hydrogen-bond donors (Lipinski definition) is 3. The molecule has 102 valence electrons. The van der Waals surface area contributed by atoms with Crippen LogP contribution < -0.4 is 15.4 Å². The lowest BCUT2D eigenvalue weighted by atomic mass is 10.0. The second-order valence-electron chi connectivity index (χ2n) is 3.89. The van der Waals surface area contributed by atoms with E-state index in [9.17, 15) is 0 Å². The Morgan fingerprint density at radius 2 is 2.00 bits per heavy atom. The van der Waals surface area contributed by atoms with Gasteiger partial charge in [0, 0.05) is 20.2 Å². The molecule has 7 nitrogen and oxygen atoms in total. The second kappa shape index (κ2) is 7.65. The Hall–Kier alpha value is -1.63. The Kier molecular flexibility index (Phi) is 6.13. The average Bonchev–Trinajstić information content (AvgIpc) is 2.42. The van der Waals surface area contributed by atoms with Crippen molar-refractivity contribution in [1.29, 1.82) is 0 Å². The van der Waals surface area contributed by atoms with Crippen molar-refractivity contribution in [2.75, 3.05) is 37.9 Å². The lowest BCUT2D eigenvalue weighted by molar-refractivity contribution is 0.258. The first-order chi connectivity index (χ1) is 8.73. The Balaban J connectivity index is 2.65. The predicted octanol–water partition coefficient (Wildman–Crippen LogP) is 0.742. The van der Waals surface area contributed by atoms with Crippen LogP contribution in [-0.2, 0) is 0 Å². The van der Waals surface area contributed by atoms with Gasteiger partial charge in [-0.3, -0.25) is 0 Å². The zero-order valence-corrected chi connectivity index (χ0v) is 11.1. The van der Waals surface area contributed by atoms with Gasteiger partial charge >= 0.3 is 6.01 Å². The van der Waals surface area contributed by atoms with Gasteiger partial charge in [0.25, 0.3) is 0 Å². The van der Waals surface area contributed by atoms with Gasteiger partial charge in [0.15, 0.2) is 0 Å². The number of hydrogen-bond acceptors (Lipinski definition) is 7. The number of nitrogens with zero attached hydrogens (tertiary/aromatic N) is 3. The van der Waals surface area contributed by atoms with Gasteiger partial charge in [0.1, 0.15) is 0 Å². The van der Waals surface area contributed by atoms with Crippen LogP contribution in [0.15, 0.2) is 0 Å². The van der Waals surface area contributed by atoms with Crippen LogP contribution in [-0.4, -0.2) is 47.4 Å². The lowest BCUT2D eigenvalue weighted by Crippen LogP contribution is -2.17. The topological polar surface area (TPSA) is 92.2 Å². The summed E-state index contributed by atoms with van der Waals surface area (Å²) in [4.78, 5) is 12.3. The third kappa shape index (κ3) is 4.33. The van der Waals surface area contributed by atoms with E-state index in [1.807, 2.05) is 0 Å². The summed E-state index contributed by atoms with van der Waals surface area (Å²) in [5, 5.41) is 14.9. The van der Waals surface area contributed by atoms with Crippen LogP contribution in [0.2, 0.25) is 0 Å². The summed E-state index contributed by atoms with van der Waals surface area (Å²) in [6.07, 6.45) is 1.76. The largest absolute Gasteiger partial charge is 0.467 e. The van der Waals surface area contributed by atoms with Crippen molar-refractivity contribution >= 4 is 11.9 Å². The molecule has 1 atom stereocenters. The molecule has 0 radical (unpaired) electrons. The minimum absolute atomic E-state index is 0.197. The highest BCUT2D eigenvalue weighted by molar-refractivity contribution is 5.35. The fourth-order valence-electron chi connectivity index (χ4n) is 1.51. The van der Waals surface area contributed by atoms with Gasteiger partial charge < -0.3 is 20.5 Å². The van der Waals surface area contributed by atoms with Crippen LogP contribution in [0.5, 0.6) is 6.01 Å². The first-order valence-electron chi connectivity index (χ1n) is 6.06. The van der Waals surface area contributed by atoms with Crippen LogP contribution >= 0.6 is 0 Å². The van der Waals surface area contributed by atoms with Gasteiger partial charge in [-0.1, -0.05) is 13.3 Å². The molecule has 0 amide bonds. The van der Waals surface area contributed by atoms with E-state index in [-0.39, 0.29) is 12.6 Å². The van der Waals surface area contributed by atoms with Crippen molar-refractivity contribution in [3.63, 3.8) is 0 Å². The molecule has 0 saturated heterocycles. The molecule has 1 aromatic heterocycles. The minimum Gasteiger partial charge on any atom is -0.467 e. The fourth-order valence-corrected chi connectivity index (χ4v) is 1.51. The molecular weight excluding hydrogens is 234 g/mol. The van der Waals surface area contributed by atoms with E-state index < -0.39 is 0 Å². The fraction of sp³-hybridized carbons (Fsp3) is 0.727. The molecule has 0 aliphatic heterocycles. The molecule has 0 aliphatic rings. The molecule has 0 aliphatic carbocycles. The van der Waals surface area contributed by atoms with Gasteiger partial charge in [-0.2, -0.15) is 15.0 Å². The van der Waals surface area contributed by atoms with Gasteiger partial charge in [0.05, 0.1) is 7.11 Å². The first-order valence-corrected chi connectivity index (χ1v) is 6.06. The molecular formula is C11H21N5O2. The molecule has 1 rings (SSSR count). The van der Waals surface area contributed by atoms with E-state index in [1.165, 1.54) is 7.11 Å². The van der Waals surface area contributed by atoms with Crippen LogP contribution in [0.4, 0.5) is 11.9 Å². The summed E-state index contributed by atoms with van der Waals surface area (Å²) in [5.74, 6) is 1.33. The van der Waals surface area contributed by atoms with Crippen molar-refractivity contribution in [3.8, 4) is 6.01 Å². The smallest absolute Gasteiger partial charge is 0.322 e. The summed E-state index contributed by atoms with van der Waals surface area (Å²) in [6, 6.07) is 0.270. The van der Waals surface area contributed by atoms with Crippen molar-refractivity contribution in [1.82, 2.24) is 15.0 Å². The highest BCUT2D eigenvalue weighted by atomic mass is 16.5. The van der Waals surface area contributed by atoms with Crippen molar-refractivity contribution in [2.24, 2.45) is 5.92 Å². The Bertz CT molecular complexity index is 339. The summed E-state index contributed by atoms with van der Waals surface area (Å²) in [6.45, 7) is 3.00. The van der Waals surface area contributed by atoms with E-state index in [2.05, 4.69) is 32.5 Å². The molecule has 1 aromatic rings. The summed E-state index contributed by atoms with van der Waals surface area (Å²) >= 11 is 0. The van der Waals surface area contributed by atoms with Crippen LogP contribution in [0, 0.1) is 5.92 Å². The molecule has 0 spiro atoms. The molecule has 0 saturated carbocycles. The van der Waals surface area contributed by atoms with E-state index >= 15 is 0 Å². The maximum absolute atomic E-state index is 8.93. The maximum Gasteiger partial charge on any atom is 0.322 e. The highest BCUT2D eigenvalue weighted by Gasteiger charge is 2.09. The summed E-state index contributed by atoms with van der Waals surface area (Å²) in [7, 11) is 3.25. The monoisotopic (exact) mass is 255 g/mol. The van der Waals surface area contributed by atoms with E-state index in [4.69, 9.17) is 9.84 Å². The van der Waals surface area contributed by atoms with E-state index in [0.717, 1.165) is 12.8 Å². The molecule has 0 bridgehead atoms. The van der Waals surface area contributed by atoms with Crippen molar-refractivity contribution in [3.05, 3.63) is 0 Å². The zero-order valence-electron chi connectivity index (χ0n) is 11.1. The normalized spacial score (nSPS) is 12.0. The third-order valence-corrected chi connectivity index (χ3v) is 2.68. The van der Waals surface area contributed by atoms with Gasteiger partial charge in [-0.15, -0.1) is 0 Å². The molecule has 1 heterocycles. The quantitative estimate of drug-likeness (QED) is 0.631. The number of aliphatic hydroxyl groups excluding tert-OH is 1. The Morgan fingerprint density at radius 3 is 2.56 bits per heavy atom. The summed E-state index contributed by atoms with van der Waals surface area (Å²) in [5.41, 5.74) is 0. The van der Waals surface area contributed by atoms with Gasteiger partial charge in [-0.25, -0.2) is 0 Å². The van der Waals surface area contributed by atoms with Crippen LogP contribution in [0.3, 0.4) is 0 Å². The third-order valence-electron chi connectivity index (χ3n) is 2.68. The number of aromatic nitrogens is 3.